The van der Waals surface area contributed by atoms with Crippen LogP contribution in [0.15, 0.2) is 4.52 Å². The van der Waals surface area contributed by atoms with E-state index in [1.165, 1.54) is 0 Å². The molecule has 5 nitrogen and oxygen atoms in total. The first-order chi connectivity index (χ1) is 7.40. The second-order valence-corrected chi connectivity index (χ2v) is 3.86. The third-order valence-electron chi connectivity index (χ3n) is 2.60. The van der Waals surface area contributed by atoms with Crippen LogP contribution in [0.2, 0.25) is 0 Å². The molecule has 0 saturated carbocycles. The third-order valence-corrected chi connectivity index (χ3v) is 2.60. The van der Waals surface area contributed by atoms with E-state index in [-0.39, 0.29) is 5.92 Å². The lowest BCUT2D eigenvalue weighted by Crippen LogP contribution is -2.15. The fourth-order valence-electron chi connectivity index (χ4n) is 1.73. The monoisotopic (exact) mass is 211 g/mol. The number of hydrogen-bond donors (Lipinski definition) is 1. The minimum Gasteiger partial charge on any atom is -0.381 e. The van der Waals surface area contributed by atoms with Crippen LogP contribution in [0.25, 0.3) is 0 Å². The molecule has 0 bridgehead atoms. The van der Waals surface area contributed by atoms with Gasteiger partial charge in [-0.2, -0.15) is 4.98 Å². The zero-order valence-corrected chi connectivity index (χ0v) is 8.82. The fraction of sp³-hybridized carbons (Fsp3) is 0.800. The molecule has 1 unspecified atom stereocenters. The summed E-state index contributed by atoms with van der Waals surface area (Å²) >= 11 is 0. The molecule has 2 heterocycles. The highest BCUT2D eigenvalue weighted by Crippen LogP contribution is 2.23. The van der Waals surface area contributed by atoms with E-state index in [0.717, 1.165) is 44.0 Å². The number of aryl methyl sites for hydroxylation is 1. The highest BCUT2D eigenvalue weighted by atomic mass is 16.5. The average Bonchev–Trinajstić information content (AvgIpc) is 2.76. The Balaban J connectivity index is 1.93. The quantitative estimate of drug-likeness (QED) is 0.799. The molecule has 0 radical (unpaired) electrons. The summed E-state index contributed by atoms with van der Waals surface area (Å²) in [5.74, 6) is 1.78. The Morgan fingerprint density at radius 2 is 2.40 bits per heavy atom. The highest BCUT2D eigenvalue weighted by molar-refractivity contribution is 4.95. The molecule has 2 rings (SSSR count). The van der Waals surface area contributed by atoms with Gasteiger partial charge in [0.15, 0.2) is 5.82 Å². The van der Waals surface area contributed by atoms with E-state index < -0.39 is 0 Å². The zero-order chi connectivity index (χ0) is 10.5. The van der Waals surface area contributed by atoms with Crippen LogP contribution in [0.1, 0.15) is 36.9 Å². The molecule has 1 saturated heterocycles. The summed E-state index contributed by atoms with van der Waals surface area (Å²) in [6, 6.07) is 0. The molecular weight excluding hydrogens is 194 g/mol. The summed E-state index contributed by atoms with van der Waals surface area (Å²) in [6.45, 7) is 2.22. The van der Waals surface area contributed by atoms with E-state index in [2.05, 4.69) is 10.1 Å². The number of nitrogens with zero attached hydrogens (tertiary/aromatic N) is 2. The van der Waals surface area contributed by atoms with Gasteiger partial charge in [-0.3, -0.25) is 0 Å². The summed E-state index contributed by atoms with van der Waals surface area (Å²) in [4.78, 5) is 4.36. The molecule has 5 heteroatoms. The van der Waals surface area contributed by atoms with Crippen LogP contribution in [0, 0.1) is 0 Å². The van der Waals surface area contributed by atoms with Crippen molar-refractivity contribution >= 4 is 0 Å². The van der Waals surface area contributed by atoms with Crippen molar-refractivity contribution in [1.29, 1.82) is 0 Å². The van der Waals surface area contributed by atoms with E-state index in [4.69, 9.17) is 15.0 Å². The first-order valence-electron chi connectivity index (χ1n) is 5.50. The zero-order valence-electron chi connectivity index (χ0n) is 8.82. The molecule has 0 spiro atoms. The maximum Gasteiger partial charge on any atom is 0.232 e. The van der Waals surface area contributed by atoms with Crippen molar-refractivity contribution in [3.05, 3.63) is 11.7 Å². The van der Waals surface area contributed by atoms with Crippen molar-refractivity contribution in [3.8, 4) is 0 Å². The van der Waals surface area contributed by atoms with Crippen LogP contribution in [-0.2, 0) is 11.2 Å². The van der Waals surface area contributed by atoms with Gasteiger partial charge in [0.05, 0.1) is 12.5 Å². The average molecular weight is 211 g/mol. The van der Waals surface area contributed by atoms with E-state index >= 15 is 0 Å². The molecule has 0 aromatic carbocycles. The fourth-order valence-corrected chi connectivity index (χ4v) is 1.73. The van der Waals surface area contributed by atoms with Crippen molar-refractivity contribution in [2.75, 3.05) is 19.8 Å². The van der Waals surface area contributed by atoms with Gasteiger partial charge in [0.1, 0.15) is 0 Å². The second-order valence-electron chi connectivity index (χ2n) is 3.86. The van der Waals surface area contributed by atoms with E-state index in [9.17, 15) is 0 Å². The van der Waals surface area contributed by atoms with Crippen LogP contribution in [0.4, 0.5) is 0 Å². The maximum absolute atomic E-state index is 5.42. The lowest BCUT2D eigenvalue weighted by Gasteiger charge is -2.17. The van der Waals surface area contributed by atoms with Gasteiger partial charge in [-0.15, -0.1) is 0 Å². The van der Waals surface area contributed by atoms with Gasteiger partial charge < -0.3 is 15.0 Å². The predicted molar refractivity (Wildman–Crippen MR) is 54.5 cm³/mol. The summed E-state index contributed by atoms with van der Waals surface area (Å²) in [5.41, 5.74) is 5.42. The van der Waals surface area contributed by atoms with Crippen LogP contribution in [0.5, 0.6) is 0 Å². The van der Waals surface area contributed by atoms with Crippen LogP contribution in [0.3, 0.4) is 0 Å². The Bertz CT molecular complexity index is 295. The predicted octanol–water partition coefficient (Wildman–Crippen LogP) is 0.855. The Labute approximate surface area is 89.0 Å². The normalized spacial score (nSPS) is 21.8. The van der Waals surface area contributed by atoms with Gasteiger partial charge in [-0.1, -0.05) is 5.16 Å². The van der Waals surface area contributed by atoms with E-state index in [1.807, 2.05) is 0 Å². The third kappa shape index (κ3) is 2.76. The summed E-state index contributed by atoms with van der Waals surface area (Å²) in [6.07, 6.45) is 3.86. The Kier molecular flexibility index (Phi) is 3.69. The molecule has 2 N–H and O–H groups in total. The number of ether oxygens (including phenoxy) is 1. The molecule has 84 valence electrons. The maximum atomic E-state index is 5.42. The van der Waals surface area contributed by atoms with Gasteiger partial charge in [-0.25, -0.2) is 0 Å². The molecule has 1 aromatic rings. The van der Waals surface area contributed by atoms with Crippen molar-refractivity contribution in [1.82, 2.24) is 10.1 Å². The van der Waals surface area contributed by atoms with Crippen molar-refractivity contribution in [3.63, 3.8) is 0 Å². The molecule has 1 atom stereocenters. The lowest BCUT2D eigenvalue weighted by atomic mass is 10.0. The van der Waals surface area contributed by atoms with E-state index in [0.29, 0.717) is 13.2 Å². The first-order valence-corrected chi connectivity index (χ1v) is 5.50. The molecule has 1 aromatic heterocycles. The largest absolute Gasteiger partial charge is 0.381 e. The molecule has 1 aliphatic heterocycles. The SMILES string of the molecule is NCCCc1noc(C2CCCOC2)n1. The van der Waals surface area contributed by atoms with Crippen molar-refractivity contribution < 1.29 is 9.26 Å². The van der Waals surface area contributed by atoms with Crippen molar-refractivity contribution in [2.45, 2.75) is 31.6 Å². The standard InChI is InChI=1S/C10H17N3O2/c11-5-1-4-9-12-10(15-13-9)8-3-2-6-14-7-8/h8H,1-7,11H2. The van der Waals surface area contributed by atoms with Gasteiger partial charge >= 0.3 is 0 Å². The molecule has 1 fully saturated rings. The molecule has 0 aliphatic carbocycles. The highest BCUT2D eigenvalue weighted by Gasteiger charge is 2.21. The molecular formula is C10H17N3O2. The topological polar surface area (TPSA) is 74.2 Å². The van der Waals surface area contributed by atoms with Crippen LogP contribution in [-0.4, -0.2) is 29.9 Å². The van der Waals surface area contributed by atoms with Crippen molar-refractivity contribution in [2.24, 2.45) is 5.73 Å². The number of aromatic nitrogens is 2. The van der Waals surface area contributed by atoms with Gasteiger partial charge in [-0.05, 0) is 25.8 Å². The molecule has 1 aliphatic rings. The summed E-state index contributed by atoms with van der Waals surface area (Å²) < 4.78 is 10.6. The molecule has 0 amide bonds. The number of rotatable bonds is 4. The van der Waals surface area contributed by atoms with Gasteiger partial charge in [0.2, 0.25) is 5.89 Å². The lowest BCUT2D eigenvalue weighted by molar-refractivity contribution is 0.0705. The number of hydrogen-bond acceptors (Lipinski definition) is 5. The first kappa shape index (κ1) is 10.6. The molecule has 15 heavy (non-hydrogen) atoms. The smallest absolute Gasteiger partial charge is 0.232 e. The second kappa shape index (κ2) is 5.23. The Morgan fingerprint density at radius 3 is 3.13 bits per heavy atom. The minimum atomic E-state index is 0.290. The van der Waals surface area contributed by atoms with Crippen LogP contribution >= 0.6 is 0 Å². The Hall–Kier alpha value is -0.940. The minimum absolute atomic E-state index is 0.290. The Morgan fingerprint density at radius 1 is 1.47 bits per heavy atom. The van der Waals surface area contributed by atoms with Gasteiger partial charge in [0, 0.05) is 13.0 Å². The summed E-state index contributed by atoms with van der Waals surface area (Å²) in [5, 5.41) is 3.93. The number of nitrogens with two attached hydrogens (primary N) is 1. The summed E-state index contributed by atoms with van der Waals surface area (Å²) in [7, 11) is 0. The van der Waals surface area contributed by atoms with Gasteiger partial charge in [0.25, 0.3) is 0 Å². The van der Waals surface area contributed by atoms with Crippen LogP contribution < -0.4 is 5.73 Å². The van der Waals surface area contributed by atoms with E-state index in [1.54, 1.807) is 0 Å².